The van der Waals surface area contributed by atoms with Crippen molar-refractivity contribution >= 4 is 28.1 Å². The number of anilines is 3. The molecule has 0 saturated carbocycles. The SMILES string of the molecule is Cc1c(F)ccc(Nc2ncnc3cc(OCC4CCN(C)CC4)c(N)cc23)c1F. The minimum absolute atomic E-state index is 0.0533. The van der Waals surface area contributed by atoms with Crippen LogP contribution in [0.3, 0.4) is 0 Å². The molecule has 1 aliphatic heterocycles. The molecule has 1 aliphatic rings. The van der Waals surface area contributed by atoms with Gasteiger partial charge in [0, 0.05) is 17.0 Å². The van der Waals surface area contributed by atoms with Crippen LogP contribution in [-0.2, 0) is 0 Å². The van der Waals surface area contributed by atoms with E-state index in [1.807, 2.05) is 0 Å². The molecule has 2 heterocycles. The summed E-state index contributed by atoms with van der Waals surface area (Å²) in [6.45, 7) is 4.14. The average Bonchev–Trinajstić information content (AvgIpc) is 2.74. The summed E-state index contributed by atoms with van der Waals surface area (Å²) < 4.78 is 33.9. The van der Waals surface area contributed by atoms with E-state index in [1.54, 1.807) is 12.1 Å². The van der Waals surface area contributed by atoms with Crippen LogP contribution in [0.2, 0.25) is 0 Å². The Kier molecular flexibility index (Phi) is 5.67. The van der Waals surface area contributed by atoms with Crippen LogP contribution in [0, 0.1) is 24.5 Å². The topological polar surface area (TPSA) is 76.3 Å². The van der Waals surface area contributed by atoms with Gasteiger partial charge in [0.05, 0.1) is 23.5 Å². The highest BCUT2D eigenvalue weighted by atomic mass is 19.1. The fraction of sp³-hybridized carbons (Fsp3) is 0.364. The fourth-order valence-corrected chi connectivity index (χ4v) is 3.65. The van der Waals surface area contributed by atoms with E-state index in [1.165, 1.54) is 25.4 Å². The first kappa shape index (κ1) is 20.3. The van der Waals surface area contributed by atoms with E-state index in [-0.39, 0.29) is 11.3 Å². The quantitative estimate of drug-likeness (QED) is 0.609. The summed E-state index contributed by atoms with van der Waals surface area (Å²) in [5, 5.41) is 3.55. The monoisotopic (exact) mass is 413 g/mol. The van der Waals surface area contributed by atoms with Crippen LogP contribution < -0.4 is 15.8 Å². The molecule has 3 N–H and O–H groups in total. The van der Waals surface area contributed by atoms with Crippen molar-refractivity contribution in [1.29, 1.82) is 0 Å². The number of rotatable bonds is 5. The van der Waals surface area contributed by atoms with Crippen molar-refractivity contribution in [2.24, 2.45) is 5.92 Å². The molecule has 8 heteroatoms. The number of halogens is 2. The van der Waals surface area contributed by atoms with Gasteiger partial charge in [0.1, 0.15) is 23.7 Å². The van der Waals surface area contributed by atoms with E-state index in [0.717, 1.165) is 25.9 Å². The highest BCUT2D eigenvalue weighted by Crippen LogP contribution is 2.33. The molecule has 0 amide bonds. The molecule has 2 aromatic carbocycles. The predicted octanol–water partition coefficient (Wildman–Crippen LogP) is 4.26. The Bertz CT molecular complexity index is 1070. The van der Waals surface area contributed by atoms with E-state index in [4.69, 9.17) is 10.5 Å². The Morgan fingerprint density at radius 2 is 1.97 bits per heavy atom. The van der Waals surface area contributed by atoms with E-state index in [9.17, 15) is 8.78 Å². The summed E-state index contributed by atoms with van der Waals surface area (Å²) in [6, 6.07) is 6.05. The van der Waals surface area contributed by atoms with Crippen molar-refractivity contribution in [2.75, 3.05) is 37.8 Å². The van der Waals surface area contributed by atoms with Crippen LogP contribution in [0.15, 0.2) is 30.6 Å². The number of benzene rings is 2. The van der Waals surface area contributed by atoms with Gasteiger partial charge in [-0.05, 0) is 64.0 Å². The number of nitrogens with two attached hydrogens (primary N) is 1. The third-order valence-electron chi connectivity index (χ3n) is 5.65. The molecule has 1 aromatic heterocycles. The molecule has 30 heavy (non-hydrogen) atoms. The van der Waals surface area contributed by atoms with Crippen molar-refractivity contribution in [1.82, 2.24) is 14.9 Å². The Morgan fingerprint density at radius 1 is 1.20 bits per heavy atom. The molecule has 0 unspecified atom stereocenters. The highest BCUT2D eigenvalue weighted by Gasteiger charge is 2.18. The van der Waals surface area contributed by atoms with Crippen molar-refractivity contribution in [3.63, 3.8) is 0 Å². The summed E-state index contributed by atoms with van der Waals surface area (Å²) in [5.41, 5.74) is 7.39. The molecular formula is C22H25F2N5O. The standard InChI is InChI=1S/C22H25F2N5O/c1-13-16(23)3-4-18(21(13)24)28-22-15-9-17(25)20(10-19(15)26-12-27-22)30-11-14-5-7-29(2)8-6-14/h3-4,9-10,12,14H,5-8,11,25H2,1-2H3,(H,26,27,28). The maximum atomic E-state index is 14.4. The molecule has 0 aliphatic carbocycles. The number of likely N-dealkylation sites (tertiary alicyclic amines) is 1. The maximum absolute atomic E-state index is 14.4. The van der Waals surface area contributed by atoms with Crippen LogP contribution in [0.25, 0.3) is 10.9 Å². The van der Waals surface area contributed by atoms with Crippen molar-refractivity contribution in [2.45, 2.75) is 19.8 Å². The van der Waals surface area contributed by atoms with E-state index < -0.39 is 11.6 Å². The second kappa shape index (κ2) is 8.39. The van der Waals surface area contributed by atoms with Crippen molar-refractivity contribution in [3.8, 4) is 5.75 Å². The van der Waals surface area contributed by atoms with Gasteiger partial charge >= 0.3 is 0 Å². The van der Waals surface area contributed by atoms with E-state index >= 15 is 0 Å². The molecule has 0 spiro atoms. The predicted molar refractivity (Wildman–Crippen MR) is 114 cm³/mol. The number of hydrogen-bond acceptors (Lipinski definition) is 6. The number of aromatic nitrogens is 2. The third-order valence-corrected chi connectivity index (χ3v) is 5.65. The normalized spacial score (nSPS) is 15.5. The maximum Gasteiger partial charge on any atom is 0.152 e. The number of nitrogens with one attached hydrogen (secondary N) is 1. The minimum atomic E-state index is -0.659. The summed E-state index contributed by atoms with van der Waals surface area (Å²) in [4.78, 5) is 10.8. The summed E-state index contributed by atoms with van der Waals surface area (Å²) in [7, 11) is 2.13. The number of piperidine rings is 1. The van der Waals surface area contributed by atoms with Gasteiger partial charge in [-0.15, -0.1) is 0 Å². The second-order valence-corrected chi connectivity index (χ2v) is 7.85. The smallest absolute Gasteiger partial charge is 0.152 e. The van der Waals surface area contributed by atoms with Crippen LogP contribution in [0.1, 0.15) is 18.4 Å². The molecule has 0 atom stereocenters. The molecular weight excluding hydrogens is 388 g/mol. The summed E-state index contributed by atoms with van der Waals surface area (Å²) in [5.74, 6) is 0.214. The lowest BCUT2D eigenvalue weighted by Crippen LogP contribution is -2.32. The first-order chi connectivity index (χ1) is 14.4. The summed E-state index contributed by atoms with van der Waals surface area (Å²) >= 11 is 0. The van der Waals surface area contributed by atoms with Gasteiger partial charge in [0.25, 0.3) is 0 Å². The first-order valence-electron chi connectivity index (χ1n) is 9.99. The van der Waals surface area contributed by atoms with E-state index in [2.05, 4.69) is 27.2 Å². The molecule has 1 fully saturated rings. The molecule has 0 radical (unpaired) electrons. The highest BCUT2D eigenvalue weighted by molar-refractivity contribution is 5.94. The third kappa shape index (κ3) is 4.14. The zero-order chi connectivity index (χ0) is 21.3. The lowest BCUT2D eigenvalue weighted by molar-refractivity contribution is 0.160. The molecule has 158 valence electrons. The zero-order valence-electron chi connectivity index (χ0n) is 17.1. The number of hydrogen-bond donors (Lipinski definition) is 2. The van der Waals surface area contributed by atoms with Gasteiger partial charge in [0.15, 0.2) is 5.82 Å². The van der Waals surface area contributed by atoms with Gasteiger partial charge < -0.3 is 20.7 Å². The van der Waals surface area contributed by atoms with Crippen LogP contribution in [0.4, 0.5) is 26.0 Å². The largest absolute Gasteiger partial charge is 0.491 e. The molecule has 1 saturated heterocycles. The van der Waals surface area contributed by atoms with E-state index in [0.29, 0.717) is 40.7 Å². The van der Waals surface area contributed by atoms with Crippen LogP contribution in [0.5, 0.6) is 5.75 Å². The Morgan fingerprint density at radius 3 is 2.73 bits per heavy atom. The lowest BCUT2D eigenvalue weighted by Gasteiger charge is -2.28. The minimum Gasteiger partial charge on any atom is -0.491 e. The second-order valence-electron chi connectivity index (χ2n) is 7.85. The molecule has 6 nitrogen and oxygen atoms in total. The Hall–Kier alpha value is -3.00. The average molecular weight is 413 g/mol. The van der Waals surface area contributed by atoms with Crippen LogP contribution >= 0.6 is 0 Å². The number of fused-ring (bicyclic) bond motifs is 1. The molecule has 3 aromatic rings. The number of ether oxygens (including phenoxy) is 1. The molecule has 4 rings (SSSR count). The van der Waals surface area contributed by atoms with Gasteiger partial charge in [0.2, 0.25) is 0 Å². The zero-order valence-corrected chi connectivity index (χ0v) is 17.1. The van der Waals surface area contributed by atoms with Gasteiger partial charge in [-0.25, -0.2) is 18.7 Å². The first-order valence-corrected chi connectivity index (χ1v) is 9.99. The van der Waals surface area contributed by atoms with Crippen LogP contribution in [-0.4, -0.2) is 41.6 Å². The molecule has 0 bridgehead atoms. The summed E-state index contributed by atoms with van der Waals surface area (Å²) in [6.07, 6.45) is 3.58. The lowest BCUT2D eigenvalue weighted by atomic mass is 9.98. The van der Waals surface area contributed by atoms with Crippen molar-refractivity contribution in [3.05, 3.63) is 47.8 Å². The van der Waals surface area contributed by atoms with Crippen molar-refractivity contribution < 1.29 is 13.5 Å². The Labute approximate surface area is 174 Å². The Balaban J connectivity index is 1.57. The van der Waals surface area contributed by atoms with Gasteiger partial charge in [-0.1, -0.05) is 0 Å². The van der Waals surface area contributed by atoms with Gasteiger partial charge in [-0.2, -0.15) is 0 Å². The number of nitrogen functional groups attached to an aromatic ring is 1. The van der Waals surface area contributed by atoms with Gasteiger partial charge in [-0.3, -0.25) is 0 Å². The number of nitrogens with zero attached hydrogens (tertiary/aromatic N) is 3. The fourth-order valence-electron chi connectivity index (χ4n) is 3.65.